The second kappa shape index (κ2) is 4.75. The summed E-state index contributed by atoms with van der Waals surface area (Å²) >= 11 is 0. The minimum atomic E-state index is 0.890. The Morgan fingerprint density at radius 1 is 0.938 bits per heavy atom. The van der Waals surface area contributed by atoms with E-state index >= 15 is 0 Å². The summed E-state index contributed by atoms with van der Waals surface area (Å²) in [6, 6.07) is 8.49. The number of hydrogen-bond acceptors (Lipinski definition) is 0. The molecule has 0 unspecified atom stereocenters. The predicted octanol–water partition coefficient (Wildman–Crippen LogP) is 3.24. The summed E-state index contributed by atoms with van der Waals surface area (Å²) in [5, 5.41) is 0. The summed E-state index contributed by atoms with van der Waals surface area (Å²) < 4.78 is 5.12. The van der Waals surface area contributed by atoms with Crippen LogP contribution in [0.4, 0.5) is 0 Å². The van der Waals surface area contributed by atoms with Crippen LogP contribution in [0, 0.1) is 6.92 Å². The van der Waals surface area contributed by atoms with Gasteiger partial charge in [0.2, 0.25) is 0 Å². The lowest BCUT2D eigenvalue weighted by Gasteiger charge is -1.99. The molecule has 1 aliphatic carbocycles. The second-order valence-corrected chi connectivity index (χ2v) is 3.83. The molecule has 0 atom stereocenters. The Kier molecular flexibility index (Phi) is 3.16. The number of aryl methyl sites for hydroxylation is 1. The number of carbonyl (C=O) groups excluding carboxylic acids is 1. The van der Waals surface area contributed by atoms with Crippen LogP contribution < -0.4 is 0 Å². The summed E-state index contributed by atoms with van der Waals surface area (Å²) in [6.07, 6.45) is 10.2. The van der Waals surface area contributed by atoms with Gasteiger partial charge in [-0.1, -0.05) is 29.8 Å². The average Bonchev–Trinajstić information content (AvgIpc) is 2.33. The minimum Gasteiger partial charge on any atom is -0.258 e. The van der Waals surface area contributed by atoms with E-state index in [0.29, 0.717) is 0 Å². The van der Waals surface area contributed by atoms with Crippen LogP contribution in [0.15, 0.2) is 54.1 Å². The van der Waals surface area contributed by atoms with Crippen molar-refractivity contribution in [3.8, 4) is 0 Å². The summed E-state index contributed by atoms with van der Waals surface area (Å²) in [4.78, 5) is 0. The van der Waals surface area contributed by atoms with Gasteiger partial charge in [0.25, 0.3) is 7.11 Å². The van der Waals surface area contributed by atoms with E-state index in [9.17, 15) is 0 Å². The number of ketones is 1. The smallest absolute Gasteiger partial charge is 0.258 e. The number of rotatable bonds is 1. The number of hydrogen-bond donors (Lipinski definition) is 0. The largest absolute Gasteiger partial charge is 0.343 e. The molecule has 0 aliphatic heterocycles. The third kappa shape index (κ3) is 2.57. The maximum absolute atomic E-state index is 5.12. The fraction of sp³-hybridized carbons (Fsp3) is 0.133. The van der Waals surface area contributed by atoms with E-state index in [1.54, 1.807) is 7.11 Å². The van der Waals surface area contributed by atoms with Crippen LogP contribution in [0.2, 0.25) is 0 Å². The minimum absolute atomic E-state index is 0.890. The van der Waals surface area contributed by atoms with Gasteiger partial charge >= 0.3 is 5.78 Å². The summed E-state index contributed by atoms with van der Waals surface area (Å²) in [6.45, 7) is 2.09. The van der Waals surface area contributed by atoms with Crippen molar-refractivity contribution in [2.24, 2.45) is 0 Å². The zero-order chi connectivity index (χ0) is 11.4. The monoisotopic (exact) mass is 211 g/mol. The van der Waals surface area contributed by atoms with E-state index < -0.39 is 0 Å². The van der Waals surface area contributed by atoms with E-state index in [1.807, 2.05) is 12.2 Å². The molecule has 1 aromatic carbocycles. The third-order valence-corrected chi connectivity index (χ3v) is 2.53. The Morgan fingerprint density at radius 2 is 1.56 bits per heavy atom. The van der Waals surface area contributed by atoms with Crippen molar-refractivity contribution in [2.75, 3.05) is 7.11 Å². The Morgan fingerprint density at radius 3 is 2.12 bits per heavy atom. The lowest BCUT2D eigenvalue weighted by molar-refractivity contribution is -0.417. The third-order valence-electron chi connectivity index (χ3n) is 2.53. The van der Waals surface area contributed by atoms with Crippen LogP contribution in [0.1, 0.15) is 11.1 Å². The lowest BCUT2D eigenvalue weighted by Crippen LogP contribution is -1.95. The Labute approximate surface area is 96.1 Å². The molecule has 0 fully saturated rings. The van der Waals surface area contributed by atoms with Crippen molar-refractivity contribution in [3.63, 3.8) is 0 Å². The SMILES string of the molecule is C[O+]=C1C=CC(=Cc2ccc(C)cc2)C=C1. The van der Waals surface area contributed by atoms with E-state index in [1.165, 1.54) is 16.7 Å². The molecular weight excluding hydrogens is 196 g/mol. The van der Waals surface area contributed by atoms with Crippen molar-refractivity contribution >= 4 is 11.9 Å². The fourth-order valence-corrected chi connectivity index (χ4v) is 1.56. The van der Waals surface area contributed by atoms with E-state index in [0.717, 1.165) is 5.78 Å². The molecule has 16 heavy (non-hydrogen) atoms. The topological polar surface area (TPSA) is 11.3 Å². The first-order chi connectivity index (χ1) is 7.78. The molecule has 1 aliphatic rings. The molecule has 0 amide bonds. The van der Waals surface area contributed by atoms with Crippen molar-refractivity contribution < 1.29 is 4.42 Å². The predicted molar refractivity (Wildman–Crippen MR) is 68.4 cm³/mol. The normalized spacial score (nSPS) is 14.1. The maximum Gasteiger partial charge on any atom is 0.343 e. The van der Waals surface area contributed by atoms with Crippen LogP contribution in [-0.4, -0.2) is 12.9 Å². The Balaban J connectivity index is 2.21. The molecule has 1 heteroatoms. The van der Waals surface area contributed by atoms with Gasteiger partial charge in [-0.3, -0.25) is 4.42 Å². The standard InChI is InChI=1S/C15H15O/c1-12-3-5-13(6-4-12)11-14-7-9-15(16-2)10-8-14/h3-11H,1-2H3/q+1. The van der Waals surface area contributed by atoms with Crippen molar-refractivity contribution in [3.05, 3.63) is 65.3 Å². The van der Waals surface area contributed by atoms with Gasteiger partial charge in [0, 0.05) is 12.2 Å². The first-order valence-corrected chi connectivity index (χ1v) is 5.33. The van der Waals surface area contributed by atoms with Crippen LogP contribution >= 0.6 is 0 Å². The van der Waals surface area contributed by atoms with Crippen molar-refractivity contribution in [1.82, 2.24) is 0 Å². The van der Waals surface area contributed by atoms with Gasteiger partial charge in [-0.15, -0.1) is 0 Å². The zero-order valence-electron chi connectivity index (χ0n) is 9.60. The first kappa shape index (κ1) is 10.6. The molecule has 80 valence electrons. The molecule has 1 nitrogen and oxygen atoms in total. The van der Waals surface area contributed by atoms with Crippen LogP contribution in [0.25, 0.3) is 6.08 Å². The summed E-state index contributed by atoms with van der Waals surface area (Å²) in [7, 11) is 1.68. The van der Waals surface area contributed by atoms with Gasteiger partial charge in [-0.25, -0.2) is 0 Å². The molecule has 0 saturated heterocycles. The maximum atomic E-state index is 5.12. The van der Waals surface area contributed by atoms with E-state index in [4.69, 9.17) is 4.42 Å². The van der Waals surface area contributed by atoms with Crippen LogP contribution in [0.5, 0.6) is 0 Å². The van der Waals surface area contributed by atoms with Crippen LogP contribution in [-0.2, 0) is 4.42 Å². The molecule has 0 spiro atoms. The average molecular weight is 211 g/mol. The zero-order valence-corrected chi connectivity index (χ0v) is 9.60. The molecule has 0 radical (unpaired) electrons. The first-order valence-electron chi connectivity index (χ1n) is 5.33. The molecule has 2 rings (SSSR count). The number of allylic oxidation sites excluding steroid dienone is 5. The van der Waals surface area contributed by atoms with Gasteiger partial charge < -0.3 is 0 Å². The molecule has 0 aromatic heterocycles. The highest BCUT2D eigenvalue weighted by atomic mass is 16.4. The van der Waals surface area contributed by atoms with Crippen LogP contribution in [0.3, 0.4) is 0 Å². The van der Waals surface area contributed by atoms with Gasteiger partial charge in [0.1, 0.15) is 0 Å². The van der Waals surface area contributed by atoms with E-state index in [2.05, 4.69) is 49.4 Å². The van der Waals surface area contributed by atoms with Crippen molar-refractivity contribution in [1.29, 1.82) is 0 Å². The molecule has 0 bridgehead atoms. The summed E-state index contributed by atoms with van der Waals surface area (Å²) in [5.41, 5.74) is 3.69. The molecule has 1 aromatic rings. The highest BCUT2D eigenvalue weighted by Gasteiger charge is 2.04. The highest BCUT2D eigenvalue weighted by Crippen LogP contribution is 2.13. The van der Waals surface area contributed by atoms with Gasteiger partial charge in [0.05, 0.1) is 0 Å². The Bertz CT molecular complexity index is 467. The molecule has 0 N–H and O–H groups in total. The summed E-state index contributed by atoms with van der Waals surface area (Å²) in [5.74, 6) is 0.890. The second-order valence-electron chi connectivity index (χ2n) is 3.83. The van der Waals surface area contributed by atoms with Gasteiger partial charge in [-0.05, 0) is 36.3 Å². The van der Waals surface area contributed by atoms with Crippen molar-refractivity contribution in [2.45, 2.75) is 6.92 Å². The Hall–Kier alpha value is -1.89. The molecule has 0 saturated carbocycles. The van der Waals surface area contributed by atoms with Gasteiger partial charge in [-0.2, -0.15) is 0 Å². The number of benzene rings is 1. The van der Waals surface area contributed by atoms with Gasteiger partial charge in [0.15, 0.2) is 0 Å². The fourth-order valence-electron chi connectivity index (χ4n) is 1.56. The molecule has 0 heterocycles. The highest BCUT2D eigenvalue weighted by molar-refractivity contribution is 6.02. The quantitative estimate of drug-likeness (QED) is 0.632. The molecular formula is C15H15O+. The van der Waals surface area contributed by atoms with E-state index in [-0.39, 0.29) is 0 Å². The lowest BCUT2D eigenvalue weighted by atomic mass is 10.0.